The average molecular weight is 1090 g/mol. The summed E-state index contributed by atoms with van der Waals surface area (Å²) in [6, 6.07) is 9.62. The number of aliphatic carboxylic acids is 1. The number of alkyl carbamates (subject to hydrolysis) is 1. The van der Waals surface area contributed by atoms with E-state index in [4.69, 9.17) is 28.4 Å². The molecule has 9 rings (SSSR count). The van der Waals surface area contributed by atoms with Crippen LogP contribution >= 0.6 is 0 Å². The fourth-order valence-electron chi connectivity index (χ4n) is 13.0. The summed E-state index contributed by atoms with van der Waals surface area (Å²) in [5.41, 5.74) is 2.23. The lowest BCUT2D eigenvalue weighted by Crippen LogP contribution is -2.64. The molecule has 7 atom stereocenters. The minimum Gasteiger partial charge on any atom is -0.491 e. The van der Waals surface area contributed by atoms with Crippen molar-refractivity contribution in [2.45, 2.75) is 122 Å². The van der Waals surface area contributed by atoms with E-state index in [1.807, 2.05) is 19.2 Å². The van der Waals surface area contributed by atoms with E-state index in [9.17, 15) is 59.1 Å². The van der Waals surface area contributed by atoms with E-state index >= 15 is 0 Å². The second kappa shape index (κ2) is 23.6. The number of hydrogen-bond donors (Lipinski definition) is 8. The van der Waals surface area contributed by atoms with E-state index in [-0.39, 0.29) is 111 Å². The number of aromatic carboxylic acids is 1. The van der Waals surface area contributed by atoms with Gasteiger partial charge < -0.3 is 74.5 Å². The number of aliphatic hydroxyl groups excluding tert-OH is 3. The van der Waals surface area contributed by atoms with Crippen LogP contribution in [0.15, 0.2) is 54.7 Å². The fraction of sp³-hybridized carbons (Fsp3) is 0.556. The van der Waals surface area contributed by atoms with Gasteiger partial charge in [-0.05, 0) is 86.0 Å². The second-order valence-electron chi connectivity index (χ2n) is 21.9. The third-order valence-corrected chi connectivity index (χ3v) is 15.2. The normalized spacial score (nSPS) is 27.9. The molecule has 5 amide bonds. The van der Waals surface area contributed by atoms with E-state index in [0.717, 1.165) is 66.8 Å². The topological polar surface area (TPSA) is 333 Å². The Morgan fingerprint density at radius 1 is 0.808 bits per heavy atom. The van der Waals surface area contributed by atoms with Crippen LogP contribution in [0.2, 0.25) is 0 Å². The number of benzene rings is 1. The van der Waals surface area contributed by atoms with Crippen molar-refractivity contribution in [2.24, 2.45) is 16.2 Å². The van der Waals surface area contributed by atoms with Crippen LogP contribution in [0.3, 0.4) is 0 Å². The fourth-order valence-corrected chi connectivity index (χ4v) is 13.0. The molecule has 3 aromatic rings. The smallest absolute Gasteiger partial charge is 0.407 e. The van der Waals surface area contributed by atoms with Crippen molar-refractivity contribution in [2.75, 3.05) is 53.1 Å². The Kier molecular flexibility index (Phi) is 17.3. The first-order valence-corrected chi connectivity index (χ1v) is 25.9. The summed E-state index contributed by atoms with van der Waals surface area (Å²) in [6.07, 6.45) is -0.234. The molecular formula is C54H68N6O18. The SMILES string of the molecule is CNC(=O)Cc1ccc(-c2ccn(CC34CC5(C)CC(C)(C3)CC(OCCNC(=O)OCc3ccc(O[C@@H]6O[C@H](C(=O)O)[C@@H](O)[C@H](O)[C@H]6O)cc3OCCOCCNC(=O)CCN3C(=O)C=CC3=O)(C5)C4)c2C)c(C(=O)O)n1. The summed E-state index contributed by atoms with van der Waals surface area (Å²) < 4.78 is 37.2. The highest BCUT2D eigenvalue weighted by atomic mass is 16.7. The molecule has 1 aromatic carbocycles. The Labute approximate surface area is 449 Å². The second-order valence-corrected chi connectivity index (χ2v) is 21.9. The van der Waals surface area contributed by atoms with Gasteiger partial charge in [0.2, 0.25) is 18.1 Å². The number of ether oxygens (including phenoxy) is 6. The lowest BCUT2D eigenvalue weighted by Gasteiger charge is -2.69. The Hall–Kier alpha value is -6.96. The van der Waals surface area contributed by atoms with Crippen LogP contribution in [0.4, 0.5) is 4.79 Å². The maximum atomic E-state index is 13.2. The zero-order valence-corrected chi connectivity index (χ0v) is 44.0. The van der Waals surface area contributed by atoms with Crippen LogP contribution in [0.1, 0.15) is 86.2 Å². The Morgan fingerprint density at radius 3 is 2.22 bits per heavy atom. The van der Waals surface area contributed by atoms with Gasteiger partial charge in [-0.2, -0.15) is 0 Å². The average Bonchev–Trinajstić information content (AvgIpc) is 4.02. The van der Waals surface area contributed by atoms with Crippen LogP contribution < -0.4 is 25.4 Å². The first-order valence-electron chi connectivity index (χ1n) is 25.9. The highest BCUT2D eigenvalue weighted by molar-refractivity contribution is 6.13. The lowest BCUT2D eigenvalue weighted by atomic mass is 9.39. The van der Waals surface area contributed by atoms with Crippen molar-refractivity contribution < 1.29 is 87.5 Å². The molecule has 5 fully saturated rings. The van der Waals surface area contributed by atoms with Crippen molar-refractivity contribution in [3.05, 3.63) is 77.4 Å². The van der Waals surface area contributed by atoms with E-state index in [1.54, 1.807) is 12.1 Å². The number of nitrogens with zero attached hydrogens (tertiary/aromatic N) is 3. The number of rotatable bonds is 25. The van der Waals surface area contributed by atoms with Gasteiger partial charge in [0, 0.05) is 86.4 Å². The van der Waals surface area contributed by atoms with Crippen molar-refractivity contribution in [1.29, 1.82) is 0 Å². The molecule has 4 saturated carbocycles. The summed E-state index contributed by atoms with van der Waals surface area (Å²) in [7, 11) is 1.51. The first kappa shape index (κ1) is 57.2. The van der Waals surface area contributed by atoms with Crippen molar-refractivity contribution >= 4 is 41.7 Å². The number of carbonyl (C=O) groups excluding carboxylic acids is 5. The maximum Gasteiger partial charge on any atom is 0.407 e. The summed E-state index contributed by atoms with van der Waals surface area (Å²) in [5, 5.41) is 58.6. The van der Waals surface area contributed by atoms with E-state index in [2.05, 4.69) is 39.3 Å². The molecule has 0 radical (unpaired) electrons. The first-order chi connectivity index (χ1) is 37.0. The van der Waals surface area contributed by atoms with Crippen LogP contribution in [-0.2, 0) is 62.5 Å². The van der Waals surface area contributed by atoms with Gasteiger partial charge in [-0.25, -0.2) is 19.4 Å². The summed E-state index contributed by atoms with van der Waals surface area (Å²) in [5.74, 6) is -4.25. The third-order valence-electron chi connectivity index (χ3n) is 15.2. The molecule has 422 valence electrons. The standard InChI is InChI=1S/C54H68N6O18/c1-31-35(36-8-6-33(21-39(62)55-4)58-42(36)47(68)69)11-15-59(31)30-53-25-51(2)24-52(3,26-53)28-54(27-51,29-53)76-18-14-57-50(72)75-23-32-5-7-34(77-49-45(67)43(65)44(66)46(78-49)48(70)71)22-37(32)74-20-19-73-17-13-56-38(61)12-16-60-40(63)9-10-41(60)64/h5-11,15,22,43-46,49,65-67H,12-14,16-21,23-30H2,1-4H3,(H,55,62)(H,56,61)(H,57,72)(H,68,69)(H,70,71)/t43-,44-,45+,46-,49+,51?,52?,53?,54?/m0/s1. The minimum absolute atomic E-state index is 0.000232. The highest BCUT2D eigenvalue weighted by Gasteiger charge is 2.66. The van der Waals surface area contributed by atoms with Crippen molar-refractivity contribution in [3.8, 4) is 22.6 Å². The molecule has 78 heavy (non-hydrogen) atoms. The van der Waals surface area contributed by atoms with Gasteiger partial charge in [0.05, 0.1) is 37.5 Å². The molecule has 2 unspecified atom stereocenters. The van der Waals surface area contributed by atoms with Crippen LogP contribution in [-0.4, -0.2) is 171 Å². The van der Waals surface area contributed by atoms with E-state index < -0.39 is 66.2 Å². The largest absolute Gasteiger partial charge is 0.491 e. The number of aromatic nitrogens is 2. The molecule has 4 bridgehead atoms. The molecule has 8 N–H and O–H groups in total. The number of amides is 5. The lowest BCUT2D eigenvalue weighted by molar-refractivity contribution is -0.271. The number of hydrogen-bond acceptors (Lipinski definition) is 17. The van der Waals surface area contributed by atoms with Gasteiger partial charge in [0.15, 0.2) is 11.8 Å². The van der Waals surface area contributed by atoms with Crippen molar-refractivity contribution in [3.63, 3.8) is 0 Å². The molecule has 0 spiro atoms. The number of carboxylic acids is 2. The predicted molar refractivity (Wildman–Crippen MR) is 272 cm³/mol. The van der Waals surface area contributed by atoms with Crippen LogP contribution in [0, 0.1) is 23.2 Å². The molecular weight excluding hydrogens is 1020 g/mol. The molecule has 2 aliphatic heterocycles. The van der Waals surface area contributed by atoms with Crippen LogP contribution in [0.5, 0.6) is 11.5 Å². The third kappa shape index (κ3) is 13.1. The number of imide groups is 1. The quantitative estimate of drug-likeness (QED) is 0.0444. The van der Waals surface area contributed by atoms with Crippen LogP contribution in [0.25, 0.3) is 11.1 Å². The molecule has 6 aliphatic rings. The predicted octanol–water partition coefficient (Wildman–Crippen LogP) is 2.01. The number of carboxylic acid groups (broad SMARTS) is 2. The number of aliphatic hydroxyl groups is 3. The highest BCUT2D eigenvalue weighted by Crippen LogP contribution is 2.72. The maximum absolute atomic E-state index is 13.2. The molecule has 24 heteroatoms. The number of carbonyl (C=O) groups is 7. The van der Waals surface area contributed by atoms with Gasteiger partial charge in [0.1, 0.15) is 43.0 Å². The minimum atomic E-state index is -1.93. The number of nitrogens with one attached hydrogen (secondary N) is 3. The van der Waals surface area contributed by atoms with Gasteiger partial charge in [0.25, 0.3) is 11.8 Å². The van der Waals surface area contributed by atoms with Gasteiger partial charge in [-0.1, -0.05) is 19.9 Å². The van der Waals surface area contributed by atoms with Gasteiger partial charge >= 0.3 is 18.0 Å². The zero-order valence-electron chi connectivity index (χ0n) is 44.0. The molecule has 1 saturated heterocycles. The van der Waals surface area contributed by atoms with Gasteiger partial charge in [-0.15, -0.1) is 0 Å². The monoisotopic (exact) mass is 1090 g/mol. The van der Waals surface area contributed by atoms with E-state index in [0.29, 0.717) is 23.4 Å². The Balaban J connectivity index is 0.856. The summed E-state index contributed by atoms with van der Waals surface area (Å²) >= 11 is 0. The number of pyridine rings is 1. The molecule has 4 aliphatic carbocycles. The zero-order chi connectivity index (χ0) is 56.2. The number of likely N-dealkylation sites (N-methyl/N-ethyl adjacent to an activating group) is 1. The molecule has 24 nitrogen and oxygen atoms in total. The summed E-state index contributed by atoms with van der Waals surface area (Å²) in [6.45, 7) is 7.57. The Bertz CT molecular complexity index is 2780. The summed E-state index contributed by atoms with van der Waals surface area (Å²) in [4.78, 5) is 90.4. The van der Waals surface area contributed by atoms with E-state index in [1.165, 1.54) is 25.2 Å². The van der Waals surface area contributed by atoms with Crippen molar-refractivity contribution in [1.82, 2.24) is 30.4 Å². The molecule has 2 aromatic heterocycles. The van der Waals surface area contributed by atoms with Gasteiger partial charge in [-0.3, -0.25) is 24.1 Å². The molecule has 4 heterocycles. The Morgan fingerprint density at radius 2 is 1.53 bits per heavy atom.